The Kier molecular flexibility index (Phi) is 5.39. The van der Waals surface area contributed by atoms with Gasteiger partial charge in [0.1, 0.15) is 24.0 Å². The van der Waals surface area contributed by atoms with E-state index in [4.69, 9.17) is 4.74 Å². The zero-order chi connectivity index (χ0) is 23.7. The van der Waals surface area contributed by atoms with E-state index in [0.29, 0.717) is 18.0 Å². The van der Waals surface area contributed by atoms with Crippen LogP contribution in [-0.2, 0) is 6.54 Å². The van der Waals surface area contributed by atoms with Gasteiger partial charge in [0.05, 0.1) is 29.4 Å². The maximum Gasteiger partial charge on any atom is 0.243 e. The molecule has 5 aromatic rings. The average Bonchev–Trinajstić information content (AvgIpc) is 3.45. The van der Waals surface area contributed by atoms with Crippen LogP contribution in [0, 0.1) is 23.1 Å². The SMILES string of the molecule is C[C@@H](Cn1cnnn1)Oc1cccc(-c2ccn3nc(F)c(-c4cc(F)ccc4C#N)c3n2)c1. The Morgan fingerprint density at radius 2 is 2.03 bits per heavy atom. The molecular formula is C23H16F2N8O. The Labute approximate surface area is 191 Å². The topological polar surface area (TPSA) is 107 Å². The molecule has 3 aromatic heterocycles. The summed E-state index contributed by atoms with van der Waals surface area (Å²) in [4.78, 5) is 4.57. The van der Waals surface area contributed by atoms with Crippen LogP contribution in [0.5, 0.6) is 5.75 Å². The first-order chi connectivity index (χ1) is 16.5. The summed E-state index contributed by atoms with van der Waals surface area (Å²) in [5, 5.41) is 24.3. The minimum atomic E-state index is -0.847. The Morgan fingerprint density at radius 1 is 1.15 bits per heavy atom. The number of halogens is 2. The van der Waals surface area contributed by atoms with Crippen molar-refractivity contribution >= 4 is 5.65 Å². The number of ether oxygens (including phenoxy) is 1. The Hall–Kier alpha value is -4.72. The van der Waals surface area contributed by atoms with E-state index in [-0.39, 0.29) is 28.4 Å². The molecule has 0 spiro atoms. The Morgan fingerprint density at radius 3 is 2.82 bits per heavy atom. The first-order valence-electron chi connectivity index (χ1n) is 10.2. The lowest BCUT2D eigenvalue weighted by Gasteiger charge is -2.15. The Balaban J connectivity index is 1.51. The van der Waals surface area contributed by atoms with Gasteiger partial charge in [-0.2, -0.15) is 9.65 Å². The van der Waals surface area contributed by atoms with E-state index in [1.165, 1.54) is 16.9 Å². The van der Waals surface area contributed by atoms with Gasteiger partial charge in [-0.15, -0.1) is 10.2 Å². The molecule has 0 bridgehead atoms. The number of hydrogen-bond donors (Lipinski definition) is 0. The Bertz CT molecular complexity index is 1520. The summed E-state index contributed by atoms with van der Waals surface area (Å²) >= 11 is 0. The zero-order valence-electron chi connectivity index (χ0n) is 17.8. The monoisotopic (exact) mass is 458 g/mol. The summed E-state index contributed by atoms with van der Waals surface area (Å²) in [5.41, 5.74) is 1.59. The largest absolute Gasteiger partial charge is 0.489 e. The summed E-state index contributed by atoms with van der Waals surface area (Å²) in [6.45, 7) is 2.36. The number of aromatic nitrogens is 7. The standard InChI is InChI=1S/C23H16F2N8O/c1-14(12-32-13-27-30-31-32)34-18-4-2-3-15(9-18)20-7-8-33-23(28-20)21(22(25)29-33)19-10-17(24)6-5-16(19)11-26/h2-10,13-14H,12H2,1H3/t14-/m0/s1. The summed E-state index contributed by atoms with van der Waals surface area (Å²) in [6.07, 6.45) is 2.86. The molecule has 34 heavy (non-hydrogen) atoms. The van der Waals surface area contributed by atoms with Gasteiger partial charge in [-0.05, 0) is 53.7 Å². The van der Waals surface area contributed by atoms with E-state index in [1.54, 1.807) is 16.9 Å². The number of benzene rings is 2. The van der Waals surface area contributed by atoms with Crippen LogP contribution in [-0.4, -0.2) is 40.9 Å². The van der Waals surface area contributed by atoms with Crippen LogP contribution in [0.15, 0.2) is 61.1 Å². The molecule has 168 valence electrons. The van der Waals surface area contributed by atoms with Crippen LogP contribution in [0.25, 0.3) is 28.0 Å². The average molecular weight is 458 g/mol. The lowest BCUT2D eigenvalue weighted by molar-refractivity contribution is 0.193. The van der Waals surface area contributed by atoms with Gasteiger partial charge in [0.15, 0.2) is 5.65 Å². The van der Waals surface area contributed by atoms with E-state index in [2.05, 4.69) is 25.6 Å². The van der Waals surface area contributed by atoms with Crippen LogP contribution < -0.4 is 4.74 Å². The molecule has 0 aliphatic heterocycles. The molecule has 0 aliphatic carbocycles. The quantitative estimate of drug-likeness (QED) is 0.382. The van der Waals surface area contributed by atoms with Gasteiger partial charge in [0.25, 0.3) is 0 Å². The predicted molar refractivity (Wildman–Crippen MR) is 116 cm³/mol. The lowest BCUT2D eigenvalue weighted by atomic mass is 10.0. The van der Waals surface area contributed by atoms with Crippen molar-refractivity contribution in [3.8, 4) is 34.2 Å². The van der Waals surface area contributed by atoms with Gasteiger partial charge < -0.3 is 4.74 Å². The highest BCUT2D eigenvalue weighted by molar-refractivity contribution is 5.82. The van der Waals surface area contributed by atoms with E-state index in [0.717, 1.165) is 17.7 Å². The number of nitriles is 1. The van der Waals surface area contributed by atoms with Crippen molar-refractivity contribution in [1.82, 2.24) is 34.8 Å². The van der Waals surface area contributed by atoms with E-state index < -0.39 is 11.8 Å². The van der Waals surface area contributed by atoms with Gasteiger partial charge in [-0.25, -0.2) is 18.6 Å². The van der Waals surface area contributed by atoms with Crippen molar-refractivity contribution in [3.63, 3.8) is 0 Å². The van der Waals surface area contributed by atoms with Crippen molar-refractivity contribution in [2.75, 3.05) is 0 Å². The van der Waals surface area contributed by atoms with Crippen LogP contribution >= 0.6 is 0 Å². The van der Waals surface area contributed by atoms with Gasteiger partial charge in [-0.1, -0.05) is 12.1 Å². The van der Waals surface area contributed by atoms with Crippen LogP contribution in [0.4, 0.5) is 8.78 Å². The molecule has 0 aliphatic rings. The first-order valence-corrected chi connectivity index (χ1v) is 10.2. The highest BCUT2D eigenvalue weighted by Crippen LogP contribution is 2.32. The molecule has 3 heterocycles. The molecule has 0 unspecified atom stereocenters. The van der Waals surface area contributed by atoms with Crippen LogP contribution in [0.2, 0.25) is 0 Å². The van der Waals surface area contributed by atoms with Gasteiger partial charge in [0.2, 0.25) is 5.95 Å². The second-order valence-electron chi connectivity index (χ2n) is 7.54. The summed E-state index contributed by atoms with van der Waals surface area (Å²) in [5.74, 6) is -0.832. The van der Waals surface area contributed by atoms with Crippen LogP contribution in [0.3, 0.4) is 0 Å². The maximum atomic E-state index is 14.8. The zero-order valence-corrected chi connectivity index (χ0v) is 17.8. The smallest absolute Gasteiger partial charge is 0.243 e. The third-order valence-electron chi connectivity index (χ3n) is 5.12. The van der Waals surface area contributed by atoms with Crippen molar-refractivity contribution in [1.29, 1.82) is 5.26 Å². The van der Waals surface area contributed by atoms with E-state index in [9.17, 15) is 14.0 Å². The van der Waals surface area contributed by atoms with Crippen molar-refractivity contribution < 1.29 is 13.5 Å². The fourth-order valence-electron chi connectivity index (χ4n) is 3.64. The molecule has 0 radical (unpaired) electrons. The van der Waals surface area contributed by atoms with Crippen molar-refractivity contribution in [2.45, 2.75) is 19.6 Å². The molecular weight excluding hydrogens is 442 g/mol. The number of rotatable bonds is 6. The normalized spacial score (nSPS) is 11.9. The minimum Gasteiger partial charge on any atom is -0.489 e. The highest BCUT2D eigenvalue weighted by Gasteiger charge is 2.20. The molecule has 11 heteroatoms. The second-order valence-corrected chi connectivity index (χ2v) is 7.54. The van der Waals surface area contributed by atoms with Crippen molar-refractivity contribution in [2.24, 2.45) is 0 Å². The molecule has 9 nitrogen and oxygen atoms in total. The van der Waals surface area contributed by atoms with E-state index in [1.807, 2.05) is 37.3 Å². The van der Waals surface area contributed by atoms with Gasteiger partial charge in [-0.3, -0.25) is 0 Å². The molecule has 0 N–H and O–H groups in total. The number of hydrogen-bond acceptors (Lipinski definition) is 7. The van der Waals surface area contributed by atoms with E-state index >= 15 is 0 Å². The third kappa shape index (κ3) is 4.04. The first kappa shape index (κ1) is 21.1. The summed E-state index contributed by atoms with van der Waals surface area (Å²) in [6, 6.07) is 14.5. The fourth-order valence-corrected chi connectivity index (χ4v) is 3.64. The maximum absolute atomic E-state index is 14.8. The number of fused-ring (bicyclic) bond motifs is 1. The molecule has 0 saturated carbocycles. The molecule has 5 rings (SSSR count). The molecule has 1 atom stereocenters. The summed E-state index contributed by atoms with van der Waals surface area (Å²) < 4.78 is 37.5. The summed E-state index contributed by atoms with van der Waals surface area (Å²) in [7, 11) is 0. The van der Waals surface area contributed by atoms with Crippen LogP contribution in [0.1, 0.15) is 12.5 Å². The molecule has 0 amide bonds. The second kappa shape index (κ2) is 8.67. The molecule has 0 saturated heterocycles. The molecule has 0 fully saturated rings. The lowest BCUT2D eigenvalue weighted by Crippen LogP contribution is -2.20. The van der Waals surface area contributed by atoms with Gasteiger partial charge >= 0.3 is 0 Å². The number of nitrogens with zero attached hydrogens (tertiary/aromatic N) is 8. The minimum absolute atomic E-state index is 0.0413. The third-order valence-corrected chi connectivity index (χ3v) is 5.12. The predicted octanol–water partition coefficient (Wildman–Crippen LogP) is 3.67. The van der Waals surface area contributed by atoms with Gasteiger partial charge in [0, 0.05) is 17.3 Å². The highest BCUT2D eigenvalue weighted by atomic mass is 19.1. The molecule has 2 aromatic carbocycles. The fraction of sp³-hybridized carbons (Fsp3) is 0.130. The van der Waals surface area contributed by atoms with Crippen molar-refractivity contribution in [3.05, 3.63) is 78.4 Å². The number of tetrazole rings is 1.